The summed E-state index contributed by atoms with van der Waals surface area (Å²) in [6.07, 6.45) is 1.52. The normalized spacial score (nSPS) is 10.1. The molecule has 0 aliphatic rings. The predicted molar refractivity (Wildman–Crippen MR) is 69.7 cm³/mol. The lowest BCUT2D eigenvalue weighted by Crippen LogP contribution is -2.14. The Morgan fingerprint density at radius 1 is 1.33 bits per heavy atom. The third-order valence-corrected chi connectivity index (χ3v) is 2.60. The van der Waals surface area contributed by atoms with Crippen molar-refractivity contribution in [2.45, 2.75) is 0 Å². The highest BCUT2D eigenvalue weighted by molar-refractivity contribution is 5.94. The molecule has 5 heteroatoms. The van der Waals surface area contributed by atoms with Crippen molar-refractivity contribution in [3.63, 3.8) is 0 Å². The van der Waals surface area contributed by atoms with Crippen LogP contribution in [0.3, 0.4) is 0 Å². The van der Waals surface area contributed by atoms with Crippen LogP contribution in [-0.2, 0) is 0 Å². The number of aromatic nitrogens is 1. The molecule has 0 unspecified atom stereocenters. The number of rotatable bonds is 3. The Morgan fingerprint density at radius 3 is 2.67 bits per heavy atom. The summed E-state index contributed by atoms with van der Waals surface area (Å²) in [6.45, 7) is 0. The molecule has 0 saturated heterocycles. The van der Waals surface area contributed by atoms with Crippen LogP contribution in [0.1, 0.15) is 5.56 Å². The summed E-state index contributed by atoms with van der Waals surface area (Å²) in [5, 5.41) is 7.28. The molecule has 2 rings (SSSR count). The molecule has 2 aromatic rings. The minimum Gasteiger partial charge on any atom is -0.384 e. The molecule has 0 spiro atoms. The fourth-order valence-corrected chi connectivity index (χ4v) is 1.56. The number of amidine groups is 1. The van der Waals surface area contributed by atoms with Crippen molar-refractivity contribution in [2.24, 2.45) is 5.73 Å². The minimum absolute atomic E-state index is 0.0255. The molecule has 1 aromatic heterocycles. The van der Waals surface area contributed by atoms with E-state index >= 15 is 0 Å². The van der Waals surface area contributed by atoms with Crippen LogP contribution < -0.4 is 10.6 Å². The maximum absolute atomic E-state index is 13.1. The first-order chi connectivity index (χ1) is 8.58. The fraction of sp³-hybridized carbons (Fsp3) is 0.0769. The van der Waals surface area contributed by atoms with Gasteiger partial charge in [-0.05, 0) is 30.3 Å². The lowest BCUT2D eigenvalue weighted by molar-refractivity contribution is 0.628. The summed E-state index contributed by atoms with van der Waals surface area (Å²) in [5.74, 6) is 0.341. The van der Waals surface area contributed by atoms with Crippen LogP contribution in [0.4, 0.5) is 15.9 Å². The Balaban J connectivity index is 2.28. The molecule has 4 nitrogen and oxygen atoms in total. The van der Waals surface area contributed by atoms with Crippen LogP contribution in [0.25, 0.3) is 0 Å². The van der Waals surface area contributed by atoms with Gasteiger partial charge in [-0.3, -0.25) is 5.41 Å². The number of nitrogens with one attached hydrogen (secondary N) is 1. The van der Waals surface area contributed by atoms with Gasteiger partial charge in [0, 0.05) is 24.5 Å². The number of benzene rings is 1. The quantitative estimate of drug-likeness (QED) is 0.643. The van der Waals surface area contributed by atoms with Crippen molar-refractivity contribution >= 4 is 17.3 Å². The van der Waals surface area contributed by atoms with Crippen LogP contribution in [0.2, 0.25) is 0 Å². The van der Waals surface area contributed by atoms with Gasteiger partial charge in [-0.1, -0.05) is 6.07 Å². The molecule has 1 heterocycles. The Bertz CT molecular complexity index is 565. The second kappa shape index (κ2) is 4.83. The van der Waals surface area contributed by atoms with E-state index in [9.17, 15) is 4.39 Å². The number of nitrogen functional groups attached to an aromatic ring is 1. The first-order valence-electron chi connectivity index (χ1n) is 5.37. The van der Waals surface area contributed by atoms with Gasteiger partial charge >= 0.3 is 0 Å². The lowest BCUT2D eigenvalue weighted by Gasteiger charge is -2.18. The molecule has 92 valence electrons. The van der Waals surface area contributed by atoms with Crippen molar-refractivity contribution < 1.29 is 4.39 Å². The smallest absolute Gasteiger partial charge is 0.132 e. The van der Waals surface area contributed by atoms with Crippen molar-refractivity contribution in [1.29, 1.82) is 5.41 Å². The predicted octanol–water partition coefficient (Wildman–Crippen LogP) is 2.27. The van der Waals surface area contributed by atoms with E-state index in [2.05, 4.69) is 4.98 Å². The molecule has 0 aliphatic heterocycles. The van der Waals surface area contributed by atoms with Gasteiger partial charge in [0.05, 0.1) is 0 Å². The highest BCUT2D eigenvalue weighted by Gasteiger charge is 2.06. The highest BCUT2D eigenvalue weighted by atomic mass is 19.1. The van der Waals surface area contributed by atoms with Crippen LogP contribution in [0.5, 0.6) is 0 Å². The van der Waals surface area contributed by atoms with E-state index in [1.807, 2.05) is 0 Å². The number of halogens is 1. The molecule has 1 aromatic carbocycles. The monoisotopic (exact) mass is 244 g/mol. The van der Waals surface area contributed by atoms with E-state index in [4.69, 9.17) is 11.1 Å². The topological polar surface area (TPSA) is 66.0 Å². The second-order valence-electron chi connectivity index (χ2n) is 3.86. The van der Waals surface area contributed by atoms with E-state index < -0.39 is 0 Å². The average Bonchev–Trinajstić information content (AvgIpc) is 2.38. The standard InChI is InChI=1S/C13H13FN4/c1-18(11-4-2-3-10(14)7-11)12-6-5-9(8-17-12)13(15)16/h2-8H,1H3,(H3,15,16). The van der Waals surface area contributed by atoms with E-state index in [0.29, 0.717) is 17.1 Å². The zero-order valence-corrected chi connectivity index (χ0v) is 9.89. The van der Waals surface area contributed by atoms with E-state index in [0.717, 1.165) is 0 Å². The molecular formula is C13H13FN4. The summed E-state index contributed by atoms with van der Waals surface area (Å²) in [7, 11) is 1.80. The Kier molecular flexibility index (Phi) is 3.23. The number of hydrogen-bond acceptors (Lipinski definition) is 3. The molecule has 0 aliphatic carbocycles. The SMILES string of the molecule is CN(c1cccc(F)c1)c1ccc(C(=N)N)cn1. The van der Waals surface area contributed by atoms with Gasteiger partial charge in [0.25, 0.3) is 0 Å². The highest BCUT2D eigenvalue weighted by Crippen LogP contribution is 2.21. The van der Waals surface area contributed by atoms with Crippen molar-refractivity contribution in [3.05, 3.63) is 54.0 Å². The molecule has 18 heavy (non-hydrogen) atoms. The molecule has 0 radical (unpaired) electrons. The van der Waals surface area contributed by atoms with Gasteiger partial charge in [0.2, 0.25) is 0 Å². The third kappa shape index (κ3) is 2.45. The van der Waals surface area contributed by atoms with Crippen molar-refractivity contribution in [3.8, 4) is 0 Å². The maximum Gasteiger partial charge on any atom is 0.132 e. The van der Waals surface area contributed by atoms with Crippen molar-refractivity contribution in [2.75, 3.05) is 11.9 Å². The second-order valence-corrected chi connectivity index (χ2v) is 3.86. The molecule has 0 fully saturated rings. The molecule has 0 atom stereocenters. The first kappa shape index (κ1) is 12.0. The van der Waals surface area contributed by atoms with Gasteiger partial charge in [-0.2, -0.15) is 0 Å². The molecular weight excluding hydrogens is 231 g/mol. The lowest BCUT2D eigenvalue weighted by atomic mass is 10.2. The van der Waals surface area contributed by atoms with Gasteiger partial charge in [-0.25, -0.2) is 9.37 Å². The van der Waals surface area contributed by atoms with Crippen LogP contribution in [-0.4, -0.2) is 17.9 Å². The number of anilines is 2. The minimum atomic E-state index is -0.292. The zero-order valence-electron chi connectivity index (χ0n) is 9.89. The molecule has 0 bridgehead atoms. The summed E-state index contributed by atoms with van der Waals surface area (Å²) in [4.78, 5) is 5.95. The maximum atomic E-state index is 13.1. The number of hydrogen-bond donors (Lipinski definition) is 2. The summed E-state index contributed by atoms with van der Waals surface area (Å²) >= 11 is 0. The molecule has 3 N–H and O–H groups in total. The first-order valence-corrected chi connectivity index (χ1v) is 5.37. The van der Waals surface area contributed by atoms with Gasteiger partial charge in [0.15, 0.2) is 0 Å². The number of nitrogens with zero attached hydrogens (tertiary/aromatic N) is 2. The van der Waals surface area contributed by atoms with Crippen LogP contribution in [0.15, 0.2) is 42.6 Å². The zero-order chi connectivity index (χ0) is 13.1. The summed E-state index contributed by atoms with van der Waals surface area (Å²) in [5.41, 5.74) is 6.62. The number of pyridine rings is 1. The summed E-state index contributed by atoms with van der Waals surface area (Å²) < 4.78 is 13.1. The van der Waals surface area contributed by atoms with Gasteiger partial charge in [0.1, 0.15) is 17.5 Å². The van der Waals surface area contributed by atoms with E-state index in [-0.39, 0.29) is 11.7 Å². The van der Waals surface area contributed by atoms with Crippen molar-refractivity contribution in [1.82, 2.24) is 4.98 Å². The largest absolute Gasteiger partial charge is 0.384 e. The number of nitrogens with two attached hydrogens (primary N) is 1. The van der Waals surface area contributed by atoms with Crippen LogP contribution in [0, 0.1) is 11.2 Å². The van der Waals surface area contributed by atoms with Gasteiger partial charge < -0.3 is 10.6 Å². The van der Waals surface area contributed by atoms with Gasteiger partial charge in [-0.15, -0.1) is 0 Å². The molecule has 0 amide bonds. The van der Waals surface area contributed by atoms with E-state index in [1.165, 1.54) is 18.3 Å². The third-order valence-electron chi connectivity index (χ3n) is 2.60. The average molecular weight is 244 g/mol. The van der Waals surface area contributed by atoms with E-state index in [1.54, 1.807) is 36.2 Å². The Labute approximate surface area is 104 Å². The van der Waals surface area contributed by atoms with Crippen LogP contribution >= 0.6 is 0 Å². The molecule has 0 saturated carbocycles. The Morgan fingerprint density at radius 2 is 2.11 bits per heavy atom. The summed E-state index contributed by atoms with van der Waals surface area (Å²) in [6, 6.07) is 9.71. The Hall–Kier alpha value is -2.43. The fourth-order valence-electron chi connectivity index (χ4n) is 1.56.